The summed E-state index contributed by atoms with van der Waals surface area (Å²) in [4.78, 5) is 15.1. The minimum atomic E-state index is 0.601. The highest BCUT2D eigenvalue weighted by Crippen LogP contribution is 2.45. The molecule has 12 aromatic rings. The van der Waals surface area contributed by atoms with E-state index >= 15 is 0 Å². The van der Waals surface area contributed by atoms with Crippen LogP contribution in [0.3, 0.4) is 0 Å². The van der Waals surface area contributed by atoms with Gasteiger partial charge in [0.15, 0.2) is 17.5 Å². The third-order valence-electron chi connectivity index (χ3n) is 11.1. The lowest BCUT2D eigenvalue weighted by Gasteiger charge is -2.09. The summed E-state index contributed by atoms with van der Waals surface area (Å²) in [6, 6.07) is 63.7. The molecule has 0 unspecified atom stereocenters. The fraction of sp³-hybridized carbons (Fsp3) is 0. The zero-order valence-corrected chi connectivity index (χ0v) is 31.2. The van der Waals surface area contributed by atoms with Gasteiger partial charge >= 0.3 is 0 Å². The summed E-state index contributed by atoms with van der Waals surface area (Å²) in [6.07, 6.45) is 0. The van der Waals surface area contributed by atoms with E-state index in [4.69, 9.17) is 19.4 Å². The molecule has 4 aromatic heterocycles. The van der Waals surface area contributed by atoms with Crippen molar-refractivity contribution in [3.05, 3.63) is 182 Å². The Morgan fingerprint density at radius 3 is 1.79 bits per heavy atom. The van der Waals surface area contributed by atoms with E-state index in [9.17, 15) is 0 Å². The van der Waals surface area contributed by atoms with E-state index in [-0.39, 0.29) is 0 Å². The number of nitrogens with zero attached hydrogens (tertiary/aromatic N) is 4. The molecular weight excluding hydrogens is 717 g/mol. The minimum Gasteiger partial charge on any atom is -0.456 e. The highest BCUT2D eigenvalue weighted by molar-refractivity contribution is 7.26. The topological polar surface area (TPSA) is 56.7 Å². The Morgan fingerprint density at radius 2 is 1.04 bits per heavy atom. The van der Waals surface area contributed by atoms with Crippen molar-refractivity contribution < 1.29 is 4.42 Å². The van der Waals surface area contributed by atoms with Crippen molar-refractivity contribution in [2.24, 2.45) is 0 Å². The molecule has 0 fully saturated rings. The molecule has 0 atom stereocenters. The molecule has 0 N–H and O–H groups in total. The van der Waals surface area contributed by atoms with Gasteiger partial charge in [-0.3, -0.25) is 0 Å². The second kappa shape index (κ2) is 12.6. The van der Waals surface area contributed by atoms with Gasteiger partial charge < -0.3 is 8.98 Å². The fourth-order valence-corrected chi connectivity index (χ4v) is 9.70. The SMILES string of the molecule is c1ccc(-c2nc(-c3ccccc3)nc(-c3cccc4oc5ccc(-c6ccc7c(c6)c6c8sc9ccccc9c8ccc6n7-c6ccccc6)cc5c34)n2)cc1. The first-order valence-corrected chi connectivity index (χ1v) is 19.8. The maximum atomic E-state index is 6.52. The molecule has 8 aromatic carbocycles. The molecule has 0 radical (unpaired) electrons. The van der Waals surface area contributed by atoms with Crippen LogP contribution in [0.1, 0.15) is 0 Å². The third-order valence-corrected chi connectivity index (χ3v) is 12.3. The Hall–Kier alpha value is -7.41. The molecular formula is C51H30N4OS. The number of hydrogen-bond donors (Lipinski definition) is 0. The van der Waals surface area contributed by atoms with E-state index in [0.29, 0.717) is 17.5 Å². The second-order valence-electron chi connectivity index (χ2n) is 14.4. The van der Waals surface area contributed by atoms with Crippen LogP contribution in [0, 0.1) is 0 Å². The zero-order chi connectivity index (χ0) is 37.5. The zero-order valence-electron chi connectivity index (χ0n) is 30.4. The standard InChI is InChI=1S/C51H30N4OS/c1-4-13-31(14-5-1)49-52-50(32-15-6-2-7-16-32)54-51(53-49)38-20-12-21-44-46(38)40-30-34(24-28-43(40)56-44)33-23-26-41-39(29-33)47-42(55(41)35-17-8-3-9-18-35)27-25-37-36-19-10-11-22-45(36)57-48(37)47/h1-30H. The smallest absolute Gasteiger partial charge is 0.164 e. The first kappa shape index (κ1) is 31.9. The van der Waals surface area contributed by atoms with Gasteiger partial charge in [0.05, 0.1) is 11.0 Å². The summed E-state index contributed by atoms with van der Waals surface area (Å²) < 4.78 is 11.5. The number of aromatic nitrogens is 4. The van der Waals surface area contributed by atoms with Crippen LogP contribution in [-0.2, 0) is 0 Å². The summed E-state index contributed by atoms with van der Waals surface area (Å²) in [5.41, 5.74) is 10.1. The number of furan rings is 1. The van der Waals surface area contributed by atoms with Crippen LogP contribution in [-0.4, -0.2) is 19.5 Å². The molecule has 57 heavy (non-hydrogen) atoms. The van der Waals surface area contributed by atoms with Gasteiger partial charge in [-0.15, -0.1) is 11.3 Å². The molecule has 5 nitrogen and oxygen atoms in total. The number of hydrogen-bond acceptors (Lipinski definition) is 5. The summed E-state index contributed by atoms with van der Waals surface area (Å²) in [5, 5.41) is 7.10. The molecule has 12 rings (SSSR count). The lowest BCUT2D eigenvalue weighted by atomic mass is 9.99. The average Bonchev–Trinajstić information content (AvgIpc) is 3.96. The molecule has 266 valence electrons. The van der Waals surface area contributed by atoms with Gasteiger partial charge in [-0.25, -0.2) is 15.0 Å². The molecule has 0 saturated heterocycles. The number of fused-ring (bicyclic) bond motifs is 10. The summed E-state index contributed by atoms with van der Waals surface area (Å²) in [5.74, 6) is 1.85. The van der Waals surface area contributed by atoms with E-state index in [1.807, 2.05) is 84.1 Å². The largest absolute Gasteiger partial charge is 0.456 e. The van der Waals surface area contributed by atoms with Crippen molar-refractivity contribution in [3.8, 4) is 51.0 Å². The van der Waals surface area contributed by atoms with Crippen molar-refractivity contribution in [2.75, 3.05) is 0 Å². The Morgan fingerprint density at radius 1 is 0.404 bits per heavy atom. The molecule has 6 heteroatoms. The van der Waals surface area contributed by atoms with Gasteiger partial charge in [-0.2, -0.15) is 0 Å². The monoisotopic (exact) mass is 746 g/mol. The predicted molar refractivity (Wildman–Crippen MR) is 236 cm³/mol. The fourth-order valence-electron chi connectivity index (χ4n) is 8.44. The van der Waals surface area contributed by atoms with Gasteiger partial charge in [-0.05, 0) is 65.7 Å². The van der Waals surface area contributed by atoms with E-state index in [1.165, 1.54) is 42.0 Å². The molecule has 4 heterocycles. The summed E-state index contributed by atoms with van der Waals surface area (Å²) in [7, 11) is 0. The van der Waals surface area contributed by atoms with Crippen LogP contribution in [0.15, 0.2) is 186 Å². The third kappa shape index (κ3) is 5.04. The molecule has 0 bridgehead atoms. The highest BCUT2D eigenvalue weighted by Gasteiger charge is 2.21. The van der Waals surface area contributed by atoms with E-state index in [1.54, 1.807) is 0 Å². The minimum absolute atomic E-state index is 0.601. The van der Waals surface area contributed by atoms with Crippen molar-refractivity contribution in [2.45, 2.75) is 0 Å². The van der Waals surface area contributed by atoms with Crippen LogP contribution in [0.25, 0.3) is 115 Å². The highest BCUT2D eigenvalue weighted by atomic mass is 32.1. The van der Waals surface area contributed by atoms with Gasteiger partial charge in [0.25, 0.3) is 0 Å². The first-order valence-electron chi connectivity index (χ1n) is 19.0. The normalized spacial score (nSPS) is 11.9. The van der Waals surface area contributed by atoms with Crippen molar-refractivity contribution in [1.29, 1.82) is 0 Å². The van der Waals surface area contributed by atoms with Crippen LogP contribution in [0.4, 0.5) is 0 Å². The van der Waals surface area contributed by atoms with Gasteiger partial charge in [-0.1, -0.05) is 127 Å². The second-order valence-corrected chi connectivity index (χ2v) is 15.4. The molecule has 0 aliphatic heterocycles. The number of rotatable bonds is 5. The first-order chi connectivity index (χ1) is 28.2. The molecule has 0 amide bonds. The van der Waals surface area contributed by atoms with Crippen LogP contribution in [0.2, 0.25) is 0 Å². The van der Waals surface area contributed by atoms with Gasteiger partial charge in [0.1, 0.15) is 11.2 Å². The Bertz CT molecular complexity index is 3460. The lowest BCUT2D eigenvalue weighted by molar-refractivity contribution is 0.669. The number of para-hydroxylation sites is 1. The molecule has 0 saturated carbocycles. The van der Waals surface area contributed by atoms with Crippen molar-refractivity contribution in [1.82, 2.24) is 19.5 Å². The van der Waals surface area contributed by atoms with Crippen molar-refractivity contribution in [3.63, 3.8) is 0 Å². The maximum Gasteiger partial charge on any atom is 0.164 e. The summed E-state index contributed by atoms with van der Waals surface area (Å²) in [6.45, 7) is 0. The van der Waals surface area contributed by atoms with Crippen LogP contribution < -0.4 is 0 Å². The number of thiophene rings is 1. The van der Waals surface area contributed by atoms with Crippen LogP contribution >= 0.6 is 11.3 Å². The van der Waals surface area contributed by atoms with E-state index in [2.05, 4.69) is 114 Å². The average molecular weight is 747 g/mol. The maximum absolute atomic E-state index is 6.52. The molecule has 0 aliphatic carbocycles. The predicted octanol–water partition coefficient (Wildman–Crippen LogP) is 13.9. The Kier molecular flexibility index (Phi) is 7.03. The quantitative estimate of drug-likeness (QED) is 0.176. The van der Waals surface area contributed by atoms with E-state index in [0.717, 1.165) is 55.4 Å². The lowest BCUT2D eigenvalue weighted by Crippen LogP contribution is -2.00. The van der Waals surface area contributed by atoms with Crippen molar-refractivity contribution >= 4 is 75.3 Å². The van der Waals surface area contributed by atoms with Crippen LogP contribution in [0.5, 0.6) is 0 Å². The van der Waals surface area contributed by atoms with Gasteiger partial charge in [0, 0.05) is 64.1 Å². The molecule has 0 aliphatic rings. The summed E-state index contributed by atoms with van der Waals surface area (Å²) >= 11 is 1.88. The Labute approximate surface area is 330 Å². The molecule has 0 spiro atoms. The Balaban J connectivity index is 1.08. The number of benzene rings is 8. The van der Waals surface area contributed by atoms with Gasteiger partial charge in [0.2, 0.25) is 0 Å². The van der Waals surface area contributed by atoms with E-state index < -0.39 is 0 Å².